The quantitative estimate of drug-likeness (QED) is 0.115. The summed E-state index contributed by atoms with van der Waals surface area (Å²) >= 11 is 12.1. The van der Waals surface area contributed by atoms with Crippen LogP contribution in [0.1, 0.15) is 21.5 Å². The third-order valence-corrected chi connectivity index (χ3v) is 5.67. The molecule has 0 spiro atoms. The van der Waals surface area contributed by atoms with Crippen LogP contribution in [0.2, 0.25) is 10.0 Å². The molecule has 2 amide bonds. The van der Waals surface area contributed by atoms with Gasteiger partial charge in [0.15, 0.2) is 0 Å². The van der Waals surface area contributed by atoms with Gasteiger partial charge in [0.25, 0.3) is 0 Å². The number of nitrogens with one attached hydrogen (secondary N) is 2. The van der Waals surface area contributed by atoms with Crippen LogP contribution in [0.3, 0.4) is 0 Å². The number of esters is 1. The molecule has 36 heavy (non-hydrogen) atoms. The van der Waals surface area contributed by atoms with Crippen LogP contribution in [0.5, 0.6) is 5.75 Å². The number of amides is 2. The van der Waals surface area contributed by atoms with Crippen molar-refractivity contribution in [2.45, 2.75) is 6.92 Å². The second kappa shape index (κ2) is 11.0. The van der Waals surface area contributed by atoms with Crippen LogP contribution in [0.4, 0.5) is 5.69 Å². The maximum Gasteiger partial charge on any atom is 0.345 e. The Morgan fingerprint density at radius 3 is 2.47 bits per heavy atom. The number of aryl methyl sites for hydroxylation is 1. The topological polar surface area (TPSA) is 96.9 Å². The molecular weight excluding hydrogens is 501 g/mol. The molecule has 2 N–H and O–H groups in total. The Balaban J connectivity index is 1.56. The molecule has 4 aromatic carbocycles. The minimum absolute atomic E-state index is 0.137. The first kappa shape index (κ1) is 24.9. The van der Waals surface area contributed by atoms with Crippen molar-refractivity contribution in [3.63, 3.8) is 0 Å². The highest BCUT2D eigenvalue weighted by molar-refractivity contribution is 6.39. The summed E-state index contributed by atoms with van der Waals surface area (Å²) in [5, 5.41) is 8.53. The lowest BCUT2D eigenvalue weighted by molar-refractivity contribution is -0.136. The van der Waals surface area contributed by atoms with E-state index in [4.69, 9.17) is 27.9 Å². The average molecular weight is 520 g/mol. The molecule has 4 rings (SSSR count). The highest BCUT2D eigenvalue weighted by Gasteiger charge is 2.17. The zero-order valence-electron chi connectivity index (χ0n) is 18.9. The smallest absolute Gasteiger partial charge is 0.345 e. The maximum absolute atomic E-state index is 12.8. The van der Waals surface area contributed by atoms with E-state index in [2.05, 4.69) is 15.8 Å². The number of hydrogen-bond donors (Lipinski definition) is 2. The summed E-state index contributed by atoms with van der Waals surface area (Å²) in [5.41, 5.74) is 4.18. The molecule has 0 aromatic heterocycles. The lowest BCUT2D eigenvalue weighted by Crippen LogP contribution is -2.32. The van der Waals surface area contributed by atoms with Gasteiger partial charge in [0.1, 0.15) is 5.75 Å². The number of halogens is 2. The third-order valence-electron chi connectivity index (χ3n) is 5.13. The van der Waals surface area contributed by atoms with Gasteiger partial charge in [0.05, 0.1) is 16.8 Å². The predicted molar refractivity (Wildman–Crippen MR) is 141 cm³/mol. The summed E-state index contributed by atoms with van der Waals surface area (Å²) in [6, 6.07) is 22.2. The van der Waals surface area contributed by atoms with Gasteiger partial charge in [-0.05, 0) is 59.7 Å². The maximum atomic E-state index is 12.8. The molecular formula is C27H19Cl2N3O4. The molecule has 0 radical (unpaired) electrons. The SMILES string of the molecule is Cc1cccc(NC(=O)C(=O)N/N=C/c2c(OC(=O)c3ccc(Cl)cc3Cl)ccc3ccccc23)c1. The van der Waals surface area contributed by atoms with Gasteiger partial charge in [0, 0.05) is 16.3 Å². The lowest BCUT2D eigenvalue weighted by Gasteiger charge is -2.11. The number of benzene rings is 4. The zero-order chi connectivity index (χ0) is 25.7. The van der Waals surface area contributed by atoms with Crippen molar-refractivity contribution in [1.82, 2.24) is 5.43 Å². The van der Waals surface area contributed by atoms with Crippen LogP contribution < -0.4 is 15.5 Å². The summed E-state index contributed by atoms with van der Waals surface area (Å²) in [4.78, 5) is 37.3. The molecule has 180 valence electrons. The fraction of sp³-hybridized carbons (Fsp3) is 0.0370. The number of hydrogen-bond acceptors (Lipinski definition) is 5. The van der Waals surface area contributed by atoms with Crippen LogP contribution >= 0.6 is 23.2 Å². The van der Waals surface area contributed by atoms with Crippen LogP contribution in [0.25, 0.3) is 10.8 Å². The van der Waals surface area contributed by atoms with Crippen molar-refractivity contribution >= 4 is 63.7 Å². The number of anilines is 1. The molecule has 0 unspecified atom stereocenters. The number of ether oxygens (including phenoxy) is 1. The Kier molecular flexibility index (Phi) is 7.63. The van der Waals surface area contributed by atoms with Crippen molar-refractivity contribution in [3.8, 4) is 5.75 Å². The molecule has 0 aliphatic rings. The molecule has 0 bridgehead atoms. The Morgan fingerprint density at radius 1 is 0.889 bits per heavy atom. The monoisotopic (exact) mass is 519 g/mol. The molecule has 0 saturated carbocycles. The average Bonchev–Trinajstić information content (AvgIpc) is 2.85. The van der Waals surface area contributed by atoms with Crippen molar-refractivity contribution in [1.29, 1.82) is 0 Å². The first-order valence-electron chi connectivity index (χ1n) is 10.7. The van der Waals surface area contributed by atoms with Gasteiger partial charge >= 0.3 is 17.8 Å². The minimum Gasteiger partial charge on any atom is -0.422 e. The normalized spacial score (nSPS) is 10.9. The fourth-order valence-corrected chi connectivity index (χ4v) is 3.91. The van der Waals surface area contributed by atoms with Crippen molar-refractivity contribution in [2.24, 2.45) is 5.10 Å². The molecule has 0 fully saturated rings. The van der Waals surface area contributed by atoms with E-state index in [1.165, 1.54) is 24.4 Å². The number of fused-ring (bicyclic) bond motifs is 1. The molecule has 0 saturated heterocycles. The van der Waals surface area contributed by atoms with Gasteiger partial charge in [-0.25, -0.2) is 10.2 Å². The van der Waals surface area contributed by atoms with Crippen molar-refractivity contribution in [3.05, 3.63) is 106 Å². The minimum atomic E-state index is -0.959. The summed E-state index contributed by atoms with van der Waals surface area (Å²) < 4.78 is 5.61. The predicted octanol–water partition coefficient (Wildman–Crippen LogP) is 5.76. The fourth-order valence-electron chi connectivity index (χ4n) is 3.42. The van der Waals surface area contributed by atoms with E-state index in [1.54, 1.807) is 30.3 Å². The Bertz CT molecular complexity index is 1520. The van der Waals surface area contributed by atoms with Gasteiger partial charge in [0.2, 0.25) is 0 Å². The second-order valence-electron chi connectivity index (χ2n) is 7.73. The van der Waals surface area contributed by atoms with Crippen molar-refractivity contribution in [2.75, 3.05) is 5.32 Å². The summed E-state index contributed by atoms with van der Waals surface area (Å²) in [6.07, 6.45) is 1.31. The van der Waals surface area contributed by atoms with E-state index in [9.17, 15) is 14.4 Å². The largest absolute Gasteiger partial charge is 0.422 e. The number of rotatable bonds is 5. The zero-order valence-corrected chi connectivity index (χ0v) is 20.4. The summed E-state index contributed by atoms with van der Waals surface area (Å²) in [7, 11) is 0. The molecule has 0 aliphatic heterocycles. The van der Waals surface area contributed by atoms with Gasteiger partial charge < -0.3 is 10.1 Å². The van der Waals surface area contributed by atoms with Crippen molar-refractivity contribution < 1.29 is 19.1 Å². The number of nitrogens with zero attached hydrogens (tertiary/aromatic N) is 1. The molecule has 7 nitrogen and oxygen atoms in total. The van der Waals surface area contributed by atoms with Gasteiger partial charge in [-0.3, -0.25) is 9.59 Å². The first-order valence-corrected chi connectivity index (χ1v) is 11.5. The Morgan fingerprint density at radius 2 is 1.69 bits per heavy atom. The van der Waals surface area contributed by atoms with Crippen LogP contribution in [-0.2, 0) is 9.59 Å². The van der Waals surface area contributed by atoms with E-state index < -0.39 is 17.8 Å². The van der Waals surface area contributed by atoms with E-state index >= 15 is 0 Å². The highest BCUT2D eigenvalue weighted by Crippen LogP contribution is 2.29. The third kappa shape index (κ3) is 5.89. The van der Waals surface area contributed by atoms with Gasteiger partial charge in [-0.15, -0.1) is 0 Å². The van der Waals surface area contributed by atoms with Crippen LogP contribution in [0.15, 0.2) is 84.0 Å². The lowest BCUT2D eigenvalue weighted by atomic mass is 10.0. The van der Waals surface area contributed by atoms with E-state index in [-0.39, 0.29) is 16.3 Å². The van der Waals surface area contributed by atoms with E-state index in [0.717, 1.165) is 10.9 Å². The summed E-state index contributed by atoms with van der Waals surface area (Å²) in [6.45, 7) is 1.87. The van der Waals surface area contributed by atoms with Gasteiger partial charge in [-0.1, -0.05) is 65.7 Å². The number of carbonyl (C=O) groups is 3. The Hall–Kier alpha value is -4.20. The first-order chi connectivity index (χ1) is 17.3. The molecule has 0 atom stereocenters. The second-order valence-corrected chi connectivity index (χ2v) is 8.58. The van der Waals surface area contributed by atoms with E-state index in [1.807, 2.05) is 37.3 Å². The van der Waals surface area contributed by atoms with Gasteiger partial charge in [-0.2, -0.15) is 5.10 Å². The molecule has 9 heteroatoms. The number of carbonyl (C=O) groups excluding carboxylic acids is 3. The summed E-state index contributed by atoms with van der Waals surface area (Å²) in [5.74, 6) is -2.34. The molecule has 0 aliphatic carbocycles. The molecule has 4 aromatic rings. The van der Waals surface area contributed by atoms with Crippen LogP contribution in [0, 0.1) is 6.92 Å². The number of hydrazone groups is 1. The standard InChI is InChI=1S/C27H19Cl2N3O4/c1-16-5-4-7-19(13-16)31-25(33)26(34)32-30-15-22-20-8-3-2-6-17(20)9-12-24(22)36-27(35)21-11-10-18(28)14-23(21)29/h2-15H,1H3,(H,31,33)(H,32,34)/b30-15+. The Labute approximate surface area is 216 Å². The molecule has 0 heterocycles. The van der Waals surface area contributed by atoms with E-state index in [0.29, 0.717) is 21.7 Å². The van der Waals surface area contributed by atoms with Crippen LogP contribution in [-0.4, -0.2) is 24.0 Å². The highest BCUT2D eigenvalue weighted by atomic mass is 35.5.